The van der Waals surface area contributed by atoms with E-state index in [0.717, 1.165) is 18.4 Å². The molecule has 7 aliphatic heterocycles. The lowest BCUT2D eigenvalue weighted by Crippen LogP contribution is -2.67. The van der Waals surface area contributed by atoms with Crippen LogP contribution in [0.4, 0.5) is 0 Å². The molecule has 0 bridgehead atoms. The average Bonchev–Trinajstić information content (AvgIpc) is 1.60. The highest BCUT2D eigenvalue weighted by Crippen LogP contribution is 2.75. The number of hydrogen-bond acceptors (Lipinski definition) is 38. The molecule has 0 amide bonds. The minimum Gasteiger partial charge on any atom is -0.394 e. The van der Waals surface area contributed by atoms with E-state index in [-0.39, 0.29) is 35.5 Å². The van der Waals surface area contributed by atoms with Gasteiger partial charge in [0.25, 0.3) is 0 Å². The van der Waals surface area contributed by atoms with Crippen molar-refractivity contribution in [1.29, 1.82) is 0 Å². The summed E-state index contributed by atoms with van der Waals surface area (Å²) in [4.78, 5) is 0. The molecule has 38 nitrogen and oxygen atoms in total. The van der Waals surface area contributed by atoms with E-state index in [4.69, 9.17) is 66.3 Å². The molecule has 0 radical (unpaired) electrons. The van der Waals surface area contributed by atoms with Crippen LogP contribution >= 0.6 is 0 Å². The molecule has 24 N–H and O–H groups in total. The van der Waals surface area contributed by atoms with Gasteiger partial charge in [-0.05, 0) is 99.7 Å². The predicted molar refractivity (Wildman–Crippen MR) is 369 cm³/mol. The van der Waals surface area contributed by atoms with Crippen molar-refractivity contribution in [2.24, 2.45) is 51.2 Å². The maximum atomic E-state index is 13.0. The van der Waals surface area contributed by atoms with E-state index in [0.29, 0.717) is 32.1 Å². The van der Waals surface area contributed by atoms with Gasteiger partial charge in [0.2, 0.25) is 0 Å². The number of aliphatic hydroxyl groups is 24. The van der Waals surface area contributed by atoms with E-state index in [9.17, 15) is 123 Å². The number of rotatable bonds is 26. The monoisotopic (exact) mass is 1610 g/mol. The smallest absolute Gasteiger partial charge is 0.187 e. The van der Waals surface area contributed by atoms with Gasteiger partial charge in [0, 0.05) is 16.7 Å². The van der Waals surface area contributed by atoms with Gasteiger partial charge in [0.1, 0.15) is 159 Å². The second kappa shape index (κ2) is 35.5. The molecule has 10 fully saturated rings. The highest BCUT2D eigenvalue weighted by atomic mass is 16.8. The molecule has 4 aliphatic carbocycles. The van der Waals surface area contributed by atoms with Crippen LogP contribution in [0.3, 0.4) is 0 Å². The number of ether oxygens (including phenoxy) is 14. The summed E-state index contributed by atoms with van der Waals surface area (Å²) in [6.45, 7) is 11.8. The largest absolute Gasteiger partial charge is 0.394 e. The topological polar surface area (TPSA) is 615 Å². The Morgan fingerprint density at radius 2 is 0.829 bits per heavy atom. The van der Waals surface area contributed by atoms with Gasteiger partial charge in [-0.2, -0.15) is 0 Å². The fourth-order valence-electron chi connectivity index (χ4n) is 20.1. The average molecular weight is 1610 g/mol. The zero-order valence-electron chi connectivity index (χ0n) is 63.9. The molecule has 0 spiro atoms. The van der Waals surface area contributed by atoms with Crippen molar-refractivity contribution in [3.8, 4) is 0 Å². The normalized spacial score (nSPS) is 52.3. The maximum Gasteiger partial charge on any atom is 0.187 e. The molecule has 38 heteroatoms. The first-order valence-electron chi connectivity index (χ1n) is 38.9. The molecule has 644 valence electrons. The van der Waals surface area contributed by atoms with Crippen LogP contribution in [0.15, 0.2) is 11.6 Å². The molecule has 0 aromatic rings. The van der Waals surface area contributed by atoms with E-state index < -0.39 is 301 Å². The van der Waals surface area contributed by atoms with Crippen molar-refractivity contribution in [1.82, 2.24) is 0 Å². The number of hydrogen-bond donors (Lipinski definition) is 24. The van der Waals surface area contributed by atoms with Crippen LogP contribution in [-0.4, -0.2) is 402 Å². The van der Waals surface area contributed by atoms with Crippen molar-refractivity contribution in [2.45, 2.75) is 346 Å². The third-order valence-electron chi connectivity index (χ3n) is 27.5. The van der Waals surface area contributed by atoms with Crippen LogP contribution in [-0.2, 0) is 66.3 Å². The molecule has 7 saturated heterocycles. The van der Waals surface area contributed by atoms with E-state index >= 15 is 0 Å². The van der Waals surface area contributed by atoms with Gasteiger partial charge in [-0.25, -0.2) is 0 Å². The van der Waals surface area contributed by atoms with Crippen molar-refractivity contribution in [3.63, 3.8) is 0 Å². The molecule has 45 atom stereocenters. The van der Waals surface area contributed by atoms with Gasteiger partial charge in [0.05, 0.1) is 76.3 Å². The third-order valence-corrected chi connectivity index (χ3v) is 27.5. The summed E-state index contributed by atoms with van der Waals surface area (Å²) in [6, 6.07) is 0. The number of allylic oxidation sites excluding steroid dienone is 1. The number of aliphatic hydroxyl groups excluding tert-OH is 23. The second-order valence-corrected chi connectivity index (χ2v) is 34.7. The summed E-state index contributed by atoms with van der Waals surface area (Å²) in [7, 11) is 0. The summed E-state index contributed by atoms with van der Waals surface area (Å²) in [5, 5.41) is 264. The van der Waals surface area contributed by atoms with E-state index in [2.05, 4.69) is 33.8 Å². The van der Waals surface area contributed by atoms with E-state index in [1.807, 2.05) is 13.8 Å². The van der Waals surface area contributed by atoms with Gasteiger partial charge in [0.15, 0.2) is 44.0 Å². The maximum absolute atomic E-state index is 13.0. The van der Waals surface area contributed by atoms with Crippen LogP contribution < -0.4 is 0 Å². The minimum atomic E-state index is -2.14. The Kier molecular flexibility index (Phi) is 28.8. The van der Waals surface area contributed by atoms with Crippen LogP contribution in [0, 0.1) is 51.2 Å². The third kappa shape index (κ3) is 17.0. The molecule has 11 rings (SSSR count). The molecule has 0 aromatic heterocycles. The molecule has 3 unspecified atom stereocenters. The van der Waals surface area contributed by atoms with Crippen LogP contribution in [0.2, 0.25) is 0 Å². The van der Waals surface area contributed by atoms with Crippen LogP contribution in [0.1, 0.15) is 114 Å². The molecule has 3 saturated carbocycles. The minimum absolute atomic E-state index is 0.0331. The highest BCUT2D eigenvalue weighted by molar-refractivity contribution is 5.32. The lowest BCUT2D eigenvalue weighted by molar-refractivity contribution is -0.397. The van der Waals surface area contributed by atoms with Gasteiger partial charge < -0.3 is 189 Å². The van der Waals surface area contributed by atoms with E-state index in [1.54, 1.807) is 0 Å². The molecule has 11 aliphatic rings. The Bertz CT molecular complexity index is 3010. The summed E-state index contributed by atoms with van der Waals surface area (Å²) >= 11 is 0. The molecule has 7 heterocycles. The SMILES string of the molecule is C[C@@H]1[C@@H](O)[C@@H](O[C@H]2[C@H](O)[C@@H](O[C@H]3O[C@@H](CO)[C@H](O)[C@@H](O)[C@@H]3O)[C@H](O[C@H](CC[C@@H](C)C3CC[C@@]4(C)C5CC=C6C(CC[C@H](O[C@@H]7O[C@H](CO[C@H]8O[C@H](CO)[C@@H](O)[C@H](O)[C@H]8O)[C@@H](O)[C@H](O)[C@H]7O)C6(C)C)[C@]5(C)[C@H](O)C[C@]34C)C(C)(C)O)O[C@@H]2CO[C@H]2O[C@H](CO[C@H]3O[C@H](CO)[C@@H](O)[C@H](O)[C@H]3O)[C@@H](O)[C@H](O)[C@H]2O)O[C@H](CO)[C@H]1O. The zero-order valence-corrected chi connectivity index (χ0v) is 63.9. The molecular formula is C73H124O38. The van der Waals surface area contributed by atoms with Crippen molar-refractivity contribution in [2.75, 3.05) is 46.2 Å². The fraction of sp³-hybridized carbons (Fsp3) is 0.973. The Morgan fingerprint density at radius 1 is 0.432 bits per heavy atom. The standard InChI is InChI=1S/C73H124O38/c1-26(28-16-17-71(7)38-13-11-29-30(73(38,9)39(78)18-72(28,71)8)12-15-40(69(29,3)4)108-66-57(94)53(90)48(85)36(106-66)24-99-63-55(92)50(87)45(82)33(21-76)102-63)10-14-41(70(5,6)97)109-68-61(111-67-58(95)51(88)46(83)34(22-77)104-67)59(96)60(110-65-43(80)27(2)42(79)31(19-74)103-65)37(107-68)25-100-64-56(93)52(89)47(84)35(105-64)23-98-62-54(91)49(86)44(81)32(20-75)101-62/h11,26-28,30-68,74-97H,10,12-25H2,1-9H3/t26-,27+,28?,30?,31-,32-,33-,34+,35-,36-,37-,38?,39-,40+,41-,42+,43-,44-,45-,46+,47-,48-,49+,50+,51-,52+,53+,54-,55-,56-,57-,58+,59+,60-,61-,62+,63+,64+,65-,66+,67-,68+,71+,72-,73+/m1/s1. The van der Waals surface area contributed by atoms with Crippen molar-refractivity contribution < 1.29 is 189 Å². The Morgan fingerprint density at radius 3 is 1.31 bits per heavy atom. The molecule has 111 heavy (non-hydrogen) atoms. The van der Waals surface area contributed by atoms with Gasteiger partial charge in [-0.15, -0.1) is 0 Å². The van der Waals surface area contributed by atoms with Gasteiger partial charge in [-0.1, -0.05) is 60.1 Å². The first-order valence-corrected chi connectivity index (χ1v) is 38.9. The fourth-order valence-corrected chi connectivity index (χ4v) is 20.1. The Hall–Kier alpha value is -1.78. The highest BCUT2D eigenvalue weighted by Gasteiger charge is 2.71. The lowest BCUT2D eigenvalue weighted by atomic mass is 9.38. The number of fused-ring (bicyclic) bond motifs is 5. The second-order valence-electron chi connectivity index (χ2n) is 34.7. The van der Waals surface area contributed by atoms with Crippen LogP contribution in [0.5, 0.6) is 0 Å². The van der Waals surface area contributed by atoms with Gasteiger partial charge >= 0.3 is 0 Å². The molecular weight excluding hydrogens is 1480 g/mol. The Labute approximate surface area is 642 Å². The van der Waals surface area contributed by atoms with E-state index in [1.165, 1.54) is 20.8 Å². The summed E-state index contributed by atoms with van der Waals surface area (Å²) < 4.78 is 84.6. The summed E-state index contributed by atoms with van der Waals surface area (Å²) in [6.07, 6.45) is -56.4. The zero-order chi connectivity index (χ0) is 81.5. The first-order chi connectivity index (χ1) is 52.0. The van der Waals surface area contributed by atoms with Crippen molar-refractivity contribution in [3.05, 3.63) is 11.6 Å². The molecule has 0 aromatic carbocycles. The summed E-state index contributed by atoms with van der Waals surface area (Å²) in [5.41, 5.74) is -2.99. The quantitative estimate of drug-likeness (QED) is 0.0358. The lowest BCUT2D eigenvalue weighted by Gasteiger charge is -2.67. The Balaban J connectivity index is 0.816. The van der Waals surface area contributed by atoms with Crippen LogP contribution in [0.25, 0.3) is 0 Å². The summed E-state index contributed by atoms with van der Waals surface area (Å²) in [5.74, 6) is -1.42. The van der Waals surface area contributed by atoms with Gasteiger partial charge in [-0.3, -0.25) is 0 Å². The predicted octanol–water partition coefficient (Wildman–Crippen LogP) is -8.48. The van der Waals surface area contributed by atoms with Crippen molar-refractivity contribution >= 4 is 0 Å². The first kappa shape index (κ1) is 90.0.